The van der Waals surface area contributed by atoms with E-state index < -0.39 is 0 Å². The molecule has 0 bridgehead atoms. The molecule has 0 fully saturated rings. The van der Waals surface area contributed by atoms with Crippen LogP contribution in [0, 0.1) is 0 Å². The van der Waals surface area contributed by atoms with Crippen molar-refractivity contribution in [3.05, 3.63) is 54.1 Å². The maximum Gasteiger partial charge on any atom is 0.123 e. The van der Waals surface area contributed by atoms with Crippen molar-refractivity contribution >= 4 is 0 Å². The monoisotopic (exact) mass is 257 g/mol. The number of rotatable bonds is 5. The molecular formula is C15H19N3O. The van der Waals surface area contributed by atoms with Crippen LogP contribution in [-0.2, 0) is 0 Å². The molecule has 1 N–H and O–H groups in total. The molecule has 4 nitrogen and oxygen atoms in total. The molecular weight excluding hydrogens is 238 g/mol. The number of nitrogens with zero attached hydrogens (tertiary/aromatic N) is 2. The lowest BCUT2D eigenvalue weighted by Gasteiger charge is -2.21. The minimum Gasteiger partial charge on any atom is -0.496 e. The Hall–Kier alpha value is -1.94. The number of para-hydroxylation sites is 1. The van der Waals surface area contributed by atoms with Gasteiger partial charge in [0, 0.05) is 36.2 Å². The van der Waals surface area contributed by atoms with Crippen LogP contribution >= 0.6 is 0 Å². The van der Waals surface area contributed by atoms with Gasteiger partial charge >= 0.3 is 0 Å². The van der Waals surface area contributed by atoms with Crippen LogP contribution in [0.5, 0.6) is 5.75 Å². The maximum absolute atomic E-state index is 5.39. The molecule has 0 aliphatic heterocycles. The third-order valence-electron chi connectivity index (χ3n) is 3.13. The molecule has 100 valence electrons. The first-order chi connectivity index (χ1) is 9.22. The summed E-state index contributed by atoms with van der Waals surface area (Å²) in [4.78, 5) is 8.40. The quantitative estimate of drug-likeness (QED) is 0.894. The number of ether oxygens (including phenoxy) is 1. The van der Waals surface area contributed by atoms with Gasteiger partial charge in [0.25, 0.3) is 0 Å². The molecule has 19 heavy (non-hydrogen) atoms. The Bertz CT molecular complexity index is 516. The van der Waals surface area contributed by atoms with Gasteiger partial charge in [0.1, 0.15) is 5.75 Å². The summed E-state index contributed by atoms with van der Waals surface area (Å²) < 4.78 is 5.39. The Labute approximate surface area is 113 Å². The highest BCUT2D eigenvalue weighted by molar-refractivity contribution is 5.35. The fourth-order valence-corrected chi connectivity index (χ4v) is 2.11. The molecule has 2 aromatic rings. The highest BCUT2D eigenvalue weighted by atomic mass is 16.5. The summed E-state index contributed by atoms with van der Waals surface area (Å²) in [5.74, 6) is 0.897. The predicted octanol–water partition coefficient (Wildman–Crippen LogP) is 2.90. The predicted molar refractivity (Wildman–Crippen MR) is 75.0 cm³/mol. The van der Waals surface area contributed by atoms with Crippen molar-refractivity contribution in [3.8, 4) is 5.75 Å². The summed E-state index contributed by atoms with van der Waals surface area (Å²) in [6, 6.07) is 8.34. The molecule has 0 amide bonds. The van der Waals surface area contributed by atoms with E-state index in [1.54, 1.807) is 25.7 Å². The zero-order valence-corrected chi connectivity index (χ0v) is 11.5. The average molecular weight is 257 g/mol. The number of benzene rings is 1. The summed E-state index contributed by atoms with van der Waals surface area (Å²) in [7, 11) is 1.69. The summed E-state index contributed by atoms with van der Waals surface area (Å²) in [6.45, 7) is 4.20. The number of hydrogen-bond donors (Lipinski definition) is 1. The highest BCUT2D eigenvalue weighted by Crippen LogP contribution is 2.26. The lowest BCUT2D eigenvalue weighted by Crippen LogP contribution is -2.23. The SMILES string of the molecule is COc1ccccc1[C@@H](C)NC(C)c1cnccn1. The van der Waals surface area contributed by atoms with Gasteiger partial charge < -0.3 is 10.1 Å². The van der Waals surface area contributed by atoms with Crippen LogP contribution in [-0.4, -0.2) is 17.1 Å². The molecule has 0 spiro atoms. The third-order valence-corrected chi connectivity index (χ3v) is 3.13. The molecule has 2 rings (SSSR count). The first-order valence-electron chi connectivity index (χ1n) is 6.37. The number of methoxy groups -OCH3 is 1. The van der Waals surface area contributed by atoms with Crippen molar-refractivity contribution in [3.63, 3.8) is 0 Å². The highest BCUT2D eigenvalue weighted by Gasteiger charge is 2.15. The van der Waals surface area contributed by atoms with Crippen LogP contribution in [0.15, 0.2) is 42.9 Å². The smallest absolute Gasteiger partial charge is 0.123 e. The van der Waals surface area contributed by atoms with Crippen LogP contribution in [0.25, 0.3) is 0 Å². The summed E-state index contributed by atoms with van der Waals surface area (Å²) in [5.41, 5.74) is 2.07. The second-order valence-corrected chi connectivity index (χ2v) is 4.48. The molecule has 1 heterocycles. The Kier molecular flexibility index (Phi) is 4.47. The van der Waals surface area contributed by atoms with Crippen molar-refractivity contribution in [2.75, 3.05) is 7.11 Å². The fourth-order valence-electron chi connectivity index (χ4n) is 2.11. The van der Waals surface area contributed by atoms with E-state index in [0.29, 0.717) is 0 Å². The Morgan fingerprint density at radius 3 is 2.58 bits per heavy atom. The minimum absolute atomic E-state index is 0.133. The van der Waals surface area contributed by atoms with Crippen LogP contribution in [0.4, 0.5) is 0 Å². The van der Waals surface area contributed by atoms with Crippen molar-refractivity contribution in [2.24, 2.45) is 0 Å². The van der Waals surface area contributed by atoms with Gasteiger partial charge in [0.15, 0.2) is 0 Å². The molecule has 1 aromatic heterocycles. The second-order valence-electron chi connectivity index (χ2n) is 4.48. The standard InChI is InChI=1S/C15H19N3O/c1-11(13-6-4-5-7-15(13)19-3)18-12(2)14-10-16-8-9-17-14/h4-12,18H,1-3H3/t11-,12?/m1/s1. The number of hydrogen-bond acceptors (Lipinski definition) is 4. The third kappa shape index (κ3) is 3.29. The molecule has 1 unspecified atom stereocenters. The first-order valence-corrected chi connectivity index (χ1v) is 6.37. The second kappa shape index (κ2) is 6.29. The van der Waals surface area contributed by atoms with E-state index in [1.807, 2.05) is 18.2 Å². The number of aromatic nitrogens is 2. The molecule has 2 atom stereocenters. The molecule has 0 saturated heterocycles. The van der Waals surface area contributed by atoms with Gasteiger partial charge in [-0.2, -0.15) is 0 Å². The lowest BCUT2D eigenvalue weighted by molar-refractivity contribution is 0.396. The minimum atomic E-state index is 0.133. The molecule has 0 aliphatic carbocycles. The van der Waals surface area contributed by atoms with E-state index in [1.165, 1.54) is 0 Å². The van der Waals surface area contributed by atoms with Crippen molar-refractivity contribution in [2.45, 2.75) is 25.9 Å². The normalized spacial score (nSPS) is 13.8. The summed E-state index contributed by atoms with van der Waals surface area (Å²) >= 11 is 0. The van der Waals surface area contributed by atoms with Gasteiger partial charge in [-0.25, -0.2) is 0 Å². The fraction of sp³-hybridized carbons (Fsp3) is 0.333. The van der Waals surface area contributed by atoms with Crippen LogP contribution in [0.3, 0.4) is 0 Å². The Balaban J connectivity index is 2.11. The van der Waals surface area contributed by atoms with Crippen LogP contribution in [0.1, 0.15) is 37.2 Å². The lowest BCUT2D eigenvalue weighted by atomic mass is 10.1. The largest absolute Gasteiger partial charge is 0.496 e. The van der Waals surface area contributed by atoms with Crippen molar-refractivity contribution in [1.82, 2.24) is 15.3 Å². The van der Waals surface area contributed by atoms with Gasteiger partial charge in [0.05, 0.1) is 12.8 Å². The molecule has 0 aliphatic rings. The molecule has 0 saturated carbocycles. The Morgan fingerprint density at radius 2 is 1.89 bits per heavy atom. The van der Waals surface area contributed by atoms with E-state index in [-0.39, 0.29) is 12.1 Å². The van der Waals surface area contributed by atoms with Gasteiger partial charge in [-0.15, -0.1) is 0 Å². The van der Waals surface area contributed by atoms with Crippen LogP contribution < -0.4 is 10.1 Å². The Morgan fingerprint density at radius 1 is 1.11 bits per heavy atom. The summed E-state index contributed by atoms with van der Waals surface area (Å²) in [5, 5.41) is 3.50. The number of nitrogens with one attached hydrogen (secondary N) is 1. The molecule has 0 radical (unpaired) electrons. The molecule has 1 aromatic carbocycles. The first kappa shape index (κ1) is 13.5. The van der Waals surface area contributed by atoms with Crippen molar-refractivity contribution in [1.29, 1.82) is 0 Å². The zero-order valence-electron chi connectivity index (χ0n) is 11.5. The van der Waals surface area contributed by atoms with E-state index in [4.69, 9.17) is 4.74 Å². The molecule has 4 heteroatoms. The maximum atomic E-state index is 5.39. The average Bonchev–Trinajstić information content (AvgIpc) is 2.48. The topological polar surface area (TPSA) is 47.0 Å². The van der Waals surface area contributed by atoms with E-state index in [2.05, 4.69) is 35.2 Å². The van der Waals surface area contributed by atoms with Crippen LogP contribution in [0.2, 0.25) is 0 Å². The van der Waals surface area contributed by atoms with Gasteiger partial charge in [-0.05, 0) is 19.9 Å². The van der Waals surface area contributed by atoms with E-state index in [9.17, 15) is 0 Å². The van der Waals surface area contributed by atoms with Gasteiger partial charge in [-0.1, -0.05) is 18.2 Å². The zero-order chi connectivity index (χ0) is 13.7. The van der Waals surface area contributed by atoms with Gasteiger partial charge in [0.2, 0.25) is 0 Å². The van der Waals surface area contributed by atoms with E-state index >= 15 is 0 Å². The van der Waals surface area contributed by atoms with Gasteiger partial charge in [-0.3, -0.25) is 9.97 Å². The van der Waals surface area contributed by atoms with Crippen molar-refractivity contribution < 1.29 is 4.74 Å². The summed E-state index contributed by atoms with van der Waals surface area (Å²) in [6.07, 6.45) is 5.17. The van der Waals surface area contributed by atoms with E-state index in [0.717, 1.165) is 17.0 Å².